The molecule has 2 aromatic rings. The van der Waals surface area contributed by atoms with Crippen LogP contribution in [0.2, 0.25) is 0 Å². The van der Waals surface area contributed by atoms with Gasteiger partial charge in [0.1, 0.15) is 0 Å². The van der Waals surface area contributed by atoms with Crippen LogP contribution >= 0.6 is 0 Å². The summed E-state index contributed by atoms with van der Waals surface area (Å²) < 4.78 is 87.5. The maximum Gasteiger partial charge on any atom is 0.463 e. The van der Waals surface area contributed by atoms with E-state index in [9.17, 15) is 35.1 Å². The number of para-hydroxylation sites is 2. The molecule has 0 radical (unpaired) electrons. The second kappa shape index (κ2) is 9.09. The molecule has 0 amide bonds. The zero-order chi connectivity index (χ0) is 19.7. The summed E-state index contributed by atoms with van der Waals surface area (Å²) in [6.45, 7) is 0. The molecule has 2 rings (SSSR count). The van der Waals surface area contributed by atoms with E-state index in [0.717, 1.165) is 11.4 Å². The molecular formula is C15H14F8N2. The Morgan fingerprint density at radius 2 is 0.720 bits per heavy atom. The third-order valence-electron chi connectivity index (χ3n) is 2.31. The second-order valence-corrected chi connectivity index (χ2v) is 4.39. The predicted octanol–water partition coefficient (Wildman–Crippen LogP) is 5.28. The third-order valence-corrected chi connectivity index (χ3v) is 2.31. The first-order chi connectivity index (χ1) is 11.3. The summed E-state index contributed by atoms with van der Waals surface area (Å²) in [6, 6.07) is 19.0. The molecule has 25 heavy (non-hydrogen) atoms. The molecule has 0 heterocycles. The van der Waals surface area contributed by atoms with E-state index in [2.05, 4.69) is 0 Å². The maximum absolute atomic E-state index is 11.2. The van der Waals surface area contributed by atoms with Crippen molar-refractivity contribution in [1.82, 2.24) is 0 Å². The normalized spacial score (nSPS) is 11.5. The van der Waals surface area contributed by atoms with Crippen LogP contribution in [0.4, 0.5) is 46.5 Å². The van der Waals surface area contributed by atoms with Crippen LogP contribution in [0.5, 0.6) is 0 Å². The monoisotopic (exact) mass is 374 g/mol. The molecule has 10 heteroatoms. The van der Waals surface area contributed by atoms with Crippen LogP contribution in [0.15, 0.2) is 60.7 Å². The van der Waals surface area contributed by atoms with Crippen molar-refractivity contribution in [3.63, 3.8) is 0 Å². The van der Waals surface area contributed by atoms with Gasteiger partial charge in [0.25, 0.3) is 0 Å². The highest BCUT2D eigenvalue weighted by Gasteiger charge is 2.74. The second-order valence-electron chi connectivity index (χ2n) is 4.39. The Bertz CT molecular complexity index is 541. The molecule has 0 bridgehead atoms. The van der Waals surface area contributed by atoms with Gasteiger partial charge in [-0.2, -0.15) is 35.1 Å². The molecular weight excluding hydrogens is 360 g/mol. The summed E-state index contributed by atoms with van der Waals surface area (Å²) in [5.41, 5.74) is 12.4. The Hall–Kier alpha value is -2.52. The van der Waals surface area contributed by atoms with Crippen LogP contribution in [0, 0.1) is 0 Å². The molecule has 0 unspecified atom stereocenters. The van der Waals surface area contributed by atoms with Crippen LogP contribution < -0.4 is 11.5 Å². The van der Waals surface area contributed by atoms with Crippen LogP contribution in [0.1, 0.15) is 0 Å². The van der Waals surface area contributed by atoms with Crippen LogP contribution in [0.3, 0.4) is 0 Å². The molecule has 140 valence electrons. The Morgan fingerprint density at radius 3 is 0.800 bits per heavy atom. The molecule has 0 fully saturated rings. The maximum atomic E-state index is 11.2. The zero-order valence-electron chi connectivity index (χ0n) is 12.5. The molecule has 0 saturated carbocycles. The van der Waals surface area contributed by atoms with E-state index in [0.29, 0.717) is 0 Å². The van der Waals surface area contributed by atoms with Gasteiger partial charge in [0.05, 0.1) is 0 Å². The number of nitrogen functional groups attached to an aromatic ring is 2. The van der Waals surface area contributed by atoms with Gasteiger partial charge in [-0.25, -0.2) is 0 Å². The van der Waals surface area contributed by atoms with Gasteiger partial charge in [0.2, 0.25) is 0 Å². The molecule has 0 aliphatic heterocycles. The Labute approximate surface area is 138 Å². The van der Waals surface area contributed by atoms with E-state index in [4.69, 9.17) is 11.5 Å². The van der Waals surface area contributed by atoms with E-state index in [1.54, 1.807) is 0 Å². The van der Waals surface area contributed by atoms with Crippen LogP contribution in [0.25, 0.3) is 0 Å². The number of anilines is 2. The van der Waals surface area contributed by atoms with Gasteiger partial charge in [-0.1, -0.05) is 36.4 Å². The van der Waals surface area contributed by atoms with Crippen LogP contribution in [-0.4, -0.2) is 18.3 Å². The van der Waals surface area contributed by atoms with E-state index < -0.39 is 18.3 Å². The first-order valence-electron chi connectivity index (χ1n) is 6.41. The summed E-state index contributed by atoms with van der Waals surface area (Å²) >= 11 is 0. The Balaban J connectivity index is 0.000000358. The number of hydrogen-bond donors (Lipinski definition) is 2. The predicted molar refractivity (Wildman–Crippen MR) is 78.8 cm³/mol. The van der Waals surface area contributed by atoms with Crippen molar-refractivity contribution in [2.24, 2.45) is 0 Å². The summed E-state index contributed by atoms with van der Waals surface area (Å²) in [7, 11) is 0. The molecule has 0 spiro atoms. The van der Waals surface area contributed by atoms with Crippen molar-refractivity contribution in [3.05, 3.63) is 60.7 Å². The van der Waals surface area contributed by atoms with Gasteiger partial charge < -0.3 is 11.5 Å². The number of alkyl halides is 8. The van der Waals surface area contributed by atoms with Crippen molar-refractivity contribution in [3.8, 4) is 0 Å². The molecule has 2 nitrogen and oxygen atoms in total. The summed E-state index contributed by atoms with van der Waals surface area (Å²) in [5.74, 6) is -6.62. The molecule has 0 aliphatic rings. The minimum Gasteiger partial charge on any atom is -0.399 e. The highest BCUT2D eigenvalue weighted by atomic mass is 19.5. The fourth-order valence-corrected chi connectivity index (χ4v) is 1.07. The number of halogens is 8. The molecule has 0 atom stereocenters. The number of benzene rings is 2. The van der Waals surface area contributed by atoms with Crippen molar-refractivity contribution < 1.29 is 35.1 Å². The molecule has 0 saturated heterocycles. The standard InChI is InChI=1S/2C6H7N.C3F8/c2*7-6-4-2-1-3-5-6;4-1(5,2(6,7)8)3(9,10)11/h2*1-5H,7H2;. The minimum absolute atomic E-state index is 0.822. The molecule has 0 aliphatic carbocycles. The number of rotatable bonds is 0. The van der Waals surface area contributed by atoms with Gasteiger partial charge in [-0.15, -0.1) is 0 Å². The fourth-order valence-electron chi connectivity index (χ4n) is 1.07. The highest BCUT2D eigenvalue weighted by molar-refractivity contribution is 5.36. The van der Waals surface area contributed by atoms with Crippen molar-refractivity contribution >= 4 is 11.4 Å². The average Bonchev–Trinajstić information content (AvgIpc) is 2.48. The minimum atomic E-state index is -6.62. The quantitative estimate of drug-likeness (QED) is 0.487. The van der Waals surface area contributed by atoms with E-state index in [1.807, 2.05) is 60.7 Å². The van der Waals surface area contributed by atoms with Gasteiger partial charge in [0.15, 0.2) is 0 Å². The third kappa shape index (κ3) is 8.23. The average molecular weight is 374 g/mol. The molecule has 4 N–H and O–H groups in total. The van der Waals surface area contributed by atoms with E-state index in [1.165, 1.54) is 0 Å². The summed E-state index contributed by atoms with van der Waals surface area (Å²) in [6.07, 6.45) is -13.2. The lowest BCUT2D eigenvalue weighted by Gasteiger charge is -2.21. The first kappa shape index (κ1) is 22.5. The number of nitrogens with two attached hydrogens (primary N) is 2. The number of hydrogen-bond acceptors (Lipinski definition) is 2. The van der Waals surface area contributed by atoms with Crippen molar-refractivity contribution in [2.45, 2.75) is 18.3 Å². The largest absolute Gasteiger partial charge is 0.463 e. The lowest BCUT2D eigenvalue weighted by atomic mass is 10.3. The van der Waals surface area contributed by atoms with Gasteiger partial charge in [-0.05, 0) is 24.3 Å². The summed E-state index contributed by atoms with van der Waals surface area (Å²) in [5, 5.41) is 0. The van der Waals surface area contributed by atoms with E-state index >= 15 is 0 Å². The van der Waals surface area contributed by atoms with Gasteiger partial charge >= 0.3 is 18.3 Å². The Kier molecular flexibility index (Phi) is 8.17. The van der Waals surface area contributed by atoms with Crippen molar-refractivity contribution in [1.29, 1.82) is 0 Å². The van der Waals surface area contributed by atoms with Crippen molar-refractivity contribution in [2.75, 3.05) is 11.5 Å². The summed E-state index contributed by atoms with van der Waals surface area (Å²) in [4.78, 5) is 0. The molecule has 2 aromatic carbocycles. The first-order valence-corrected chi connectivity index (χ1v) is 6.41. The lowest BCUT2D eigenvalue weighted by Crippen LogP contribution is -2.49. The topological polar surface area (TPSA) is 52.0 Å². The SMILES string of the molecule is FC(F)(F)C(F)(F)C(F)(F)F.Nc1ccccc1.Nc1ccccc1. The fraction of sp³-hybridized carbons (Fsp3) is 0.200. The van der Waals surface area contributed by atoms with Gasteiger partial charge in [0, 0.05) is 11.4 Å². The van der Waals surface area contributed by atoms with Gasteiger partial charge in [-0.3, -0.25) is 0 Å². The Morgan fingerprint density at radius 1 is 0.480 bits per heavy atom. The lowest BCUT2D eigenvalue weighted by molar-refractivity contribution is -0.389. The smallest absolute Gasteiger partial charge is 0.399 e. The zero-order valence-corrected chi connectivity index (χ0v) is 12.5. The van der Waals surface area contributed by atoms with E-state index in [-0.39, 0.29) is 0 Å². The molecule has 0 aromatic heterocycles. The highest BCUT2D eigenvalue weighted by Crippen LogP contribution is 2.46. The van der Waals surface area contributed by atoms with Crippen LogP contribution in [-0.2, 0) is 0 Å².